The fourth-order valence-corrected chi connectivity index (χ4v) is 4.85. The summed E-state index contributed by atoms with van der Waals surface area (Å²) in [4.78, 5) is 16.5. The maximum atomic E-state index is 13.0. The molecule has 1 N–H and O–H groups in total. The van der Waals surface area contributed by atoms with Crippen LogP contribution in [-0.4, -0.2) is 27.0 Å². The van der Waals surface area contributed by atoms with Crippen molar-refractivity contribution in [2.75, 3.05) is 4.90 Å². The number of rotatable bonds is 4. The summed E-state index contributed by atoms with van der Waals surface area (Å²) in [5.41, 5.74) is 0.586. The minimum Gasteiger partial charge on any atom is -0.443 e. The third kappa shape index (κ3) is 4.34. The van der Waals surface area contributed by atoms with Crippen molar-refractivity contribution in [3.05, 3.63) is 39.0 Å². The molecule has 0 aliphatic carbocycles. The number of nitrogens with zero attached hydrogens (tertiary/aromatic N) is 3. The van der Waals surface area contributed by atoms with Crippen LogP contribution >= 0.6 is 22.7 Å². The molecule has 0 aliphatic rings. The van der Waals surface area contributed by atoms with Gasteiger partial charge in [-0.2, -0.15) is 5.10 Å². The van der Waals surface area contributed by atoms with Gasteiger partial charge in [0.05, 0.1) is 28.7 Å². The molecule has 0 saturated heterocycles. The molecule has 0 aromatic carbocycles. The van der Waals surface area contributed by atoms with Gasteiger partial charge in [-0.25, -0.2) is 4.79 Å². The number of ether oxygens (including phenoxy) is 1. The van der Waals surface area contributed by atoms with E-state index in [4.69, 9.17) is 4.74 Å². The summed E-state index contributed by atoms with van der Waals surface area (Å²) in [5.74, 6) is 0. The highest BCUT2D eigenvalue weighted by Gasteiger charge is 2.29. The number of amides is 1. The summed E-state index contributed by atoms with van der Waals surface area (Å²) in [7, 11) is 0. The van der Waals surface area contributed by atoms with Crippen LogP contribution < -0.4 is 4.90 Å². The highest BCUT2D eigenvalue weighted by Crippen LogP contribution is 2.41. The smallest absolute Gasteiger partial charge is 0.415 e. The van der Waals surface area contributed by atoms with Crippen LogP contribution in [0.2, 0.25) is 0 Å². The zero-order chi connectivity index (χ0) is 20.7. The first-order chi connectivity index (χ1) is 13.0. The Morgan fingerprint density at radius 3 is 2.57 bits per heavy atom. The SMILES string of the molecule is Cc1c(C(C)(C)O)sc2c(N(Cc3cccs3)C(=O)OC(C)(C)C)cnnc12. The first-order valence-corrected chi connectivity index (χ1v) is 10.7. The second-order valence-electron chi connectivity index (χ2n) is 8.17. The monoisotopic (exact) mass is 419 g/mol. The average molecular weight is 420 g/mol. The van der Waals surface area contributed by atoms with Crippen LogP contribution in [0.25, 0.3) is 10.2 Å². The number of aryl methyl sites for hydroxylation is 1. The topological polar surface area (TPSA) is 75.5 Å². The Labute approximate surface area is 172 Å². The first kappa shape index (κ1) is 20.7. The Morgan fingerprint density at radius 2 is 2.00 bits per heavy atom. The molecule has 0 unspecified atom stereocenters. The normalized spacial score (nSPS) is 12.4. The van der Waals surface area contributed by atoms with Crippen molar-refractivity contribution in [3.63, 3.8) is 0 Å². The summed E-state index contributed by atoms with van der Waals surface area (Å²) in [6, 6.07) is 3.94. The molecule has 3 rings (SSSR count). The van der Waals surface area contributed by atoms with Crippen LogP contribution in [0.1, 0.15) is 49.9 Å². The van der Waals surface area contributed by atoms with Gasteiger partial charge in [-0.15, -0.1) is 27.8 Å². The van der Waals surface area contributed by atoms with Gasteiger partial charge in [-0.05, 0) is 58.6 Å². The predicted molar refractivity (Wildman–Crippen MR) is 114 cm³/mol. The number of fused-ring (bicyclic) bond motifs is 1. The van der Waals surface area contributed by atoms with Gasteiger partial charge in [-0.3, -0.25) is 4.90 Å². The van der Waals surface area contributed by atoms with E-state index in [9.17, 15) is 9.90 Å². The fraction of sp³-hybridized carbons (Fsp3) is 0.450. The molecule has 0 bridgehead atoms. The van der Waals surface area contributed by atoms with Crippen LogP contribution in [0, 0.1) is 6.92 Å². The minimum absolute atomic E-state index is 0.377. The summed E-state index contributed by atoms with van der Waals surface area (Å²) in [6.07, 6.45) is 1.15. The number of carbonyl (C=O) groups is 1. The molecule has 0 aliphatic heterocycles. The van der Waals surface area contributed by atoms with Crippen LogP contribution in [0.5, 0.6) is 0 Å². The van der Waals surface area contributed by atoms with Crippen molar-refractivity contribution < 1.29 is 14.6 Å². The number of aromatic nitrogens is 2. The molecule has 28 heavy (non-hydrogen) atoms. The molecular formula is C20H25N3O3S2. The van der Waals surface area contributed by atoms with Gasteiger partial charge in [0.2, 0.25) is 0 Å². The fourth-order valence-electron chi connectivity index (χ4n) is 2.90. The van der Waals surface area contributed by atoms with Crippen molar-refractivity contribution in [2.24, 2.45) is 0 Å². The minimum atomic E-state index is -1.00. The Morgan fingerprint density at radius 1 is 1.29 bits per heavy atom. The standard InChI is InChI=1S/C20H25N3O3S2/c1-12-15-16(28-17(12)20(5,6)25)14(10-21-22-15)23(11-13-8-7-9-27-13)18(24)26-19(2,3)4/h7-10,25H,11H2,1-6H3. The highest BCUT2D eigenvalue weighted by atomic mass is 32.1. The number of aliphatic hydroxyl groups is 1. The quantitative estimate of drug-likeness (QED) is 0.627. The lowest BCUT2D eigenvalue weighted by atomic mass is 10.0. The number of hydrogen-bond donors (Lipinski definition) is 1. The number of anilines is 1. The third-order valence-electron chi connectivity index (χ3n) is 4.04. The maximum absolute atomic E-state index is 13.0. The van der Waals surface area contributed by atoms with Crippen LogP contribution in [-0.2, 0) is 16.9 Å². The van der Waals surface area contributed by atoms with Crippen molar-refractivity contribution in [1.29, 1.82) is 0 Å². The Balaban J connectivity index is 2.13. The second kappa shape index (κ2) is 7.42. The van der Waals surface area contributed by atoms with Gasteiger partial charge in [0.25, 0.3) is 0 Å². The van der Waals surface area contributed by atoms with Crippen LogP contribution in [0.4, 0.5) is 10.5 Å². The largest absolute Gasteiger partial charge is 0.443 e. The van der Waals surface area contributed by atoms with E-state index in [0.29, 0.717) is 17.7 Å². The molecule has 0 atom stereocenters. The summed E-state index contributed by atoms with van der Waals surface area (Å²) < 4.78 is 6.47. The van der Waals surface area contributed by atoms with Crippen molar-refractivity contribution in [1.82, 2.24) is 10.2 Å². The molecule has 0 spiro atoms. The average Bonchev–Trinajstić information content (AvgIpc) is 3.18. The first-order valence-electron chi connectivity index (χ1n) is 8.98. The zero-order valence-electron chi connectivity index (χ0n) is 16.9. The second-order valence-corrected chi connectivity index (χ2v) is 10.2. The number of hydrogen-bond acceptors (Lipinski definition) is 7. The van der Waals surface area contributed by atoms with Gasteiger partial charge in [-0.1, -0.05) is 6.07 Å². The summed E-state index contributed by atoms with van der Waals surface area (Å²) in [6.45, 7) is 11.3. The van der Waals surface area contributed by atoms with E-state index in [1.807, 2.05) is 45.2 Å². The third-order valence-corrected chi connectivity index (χ3v) is 6.52. The van der Waals surface area contributed by atoms with E-state index >= 15 is 0 Å². The maximum Gasteiger partial charge on any atom is 0.415 e. The summed E-state index contributed by atoms with van der Waals surface area (Å²) >= 11 is 3.01. The molecule has 0 radical (unpaired) electrons. The van der Waals surface area contributed by atoms with E-state index in [0.717, 1.165) is 20.0 Å². The Bertz CT molecular complexity index is 983. The molecule has 6 nitrogen and oxygen atoms in total. The molecule has 0 fully saturated rings. The lowest BCUT2D eigenvalue weighted by Crippen LogP contribution is -2.36. The van der Waals surface area contributed by atoms with Crippen LogP contribution in [0.15, 0.2) is 23.7 Å². The van der Waals surface area contributed by atoms with Crippen molar-refractivity contribution in [3.8, 4) is 0 Å². The van der Waals surface area contributed by atoms with Gasteiger partial charge < -0.3 is 9.84 Å². The molecule has 8 heteroatoms. The highest BCUT2D eigenvalue weighted by molar-refractivity contribution is 7.20. The molecule has 0 saturated carbocycles. The molecule has 3 heterocycles. The molecule has 1 amide bonds. The van der Waals surface area contributed by atoms with Crippen LogP contribution in [0.3, 0.4) is 0 Å². The summed E-state index contributed by atoms with van der Waals surface area (Å²) in [5, 5.41) is 20.9. The number of carbonyl (C=O) groups excluding carboxylic acids is 1. The zero-order valence-corrected chi connectivity index (χ0v) is 18.6. The predicted octanol–water partition coefficient (Wildman–Crippen LogP) is 5.23. The Hall–Kier alpha value is -2.03. The molecule has 3 aromatic heterocycles. The van der Waals surface area contributed by atoms with E-state index in [-0.39, 0.29) is 0 Å². The Kier molecular flexibility index (Phi) is 5.49. The molecule has 3 aromatic rings. The molecule has 150 valence electrons. The number of thiophene rings is 2. The van der Waals surface area contributed by atoms with E-state index in [1.54, 1.807) is 36.3 Å². The van der Waals surface area contributed by atoms with Gasteiger partial charge >= 0.3 is 6.09 Å². The van der Waals surface area contributed by atoms with E-state index < -0.39 is 17.3 Å². The van der Waals surface area contributed by atoms with E-state index in [2.05, 4.69) is 10.2 Å². The lowest BCUT2D eigenvalue weighted by molar-refractivity contribution is 0.0578. The van der Waals surface area contributed by atoms with Gasteiger partial charge in [0.1, 0.15) is 11.1 Å². The lowest BCUT2D eigenvalue weighted by Gasteiger charge is -2.27. The van der Waals surface area contributed by atoms with E-state index in [1.165, 1.54) is 11.3 Å². The molecular weight excluding hydrogens is 394 g/mol. The van der Waals surface area contributed by atoms with Crippen molar-refractivity contribution in [2.45, 2.75) is 59.3 Å². The van der Waals surface area contributed by atoms with Gasteiger partial charge in [0, 0.05) is 9.75 Å². The van der Waals surface area contributed by atoms with Crippen molar-refractivity contribution >= 4 is 44.7 Å². The van der Waals surface area contributed by atoms with Gasteiger partial charge in [0.15, 0.2) is 0 Å².